The standard InChI is InChI=1S/C18H28BNO3/c1-8-20(14(3)21)12-15-11-13(2)9-10-16(15)19-22-17(4,5)18(6,7)23-19/h9-11H,8,12H2,1-7H3. The van der Waals surface area contributed by atoms with Crippen LogP contribution in [-0.2, 0) is 20.6 Å². The molecule has 1 amide bonds. The van der Waals surface area contributed by atoms with E-state index in [1.54, 1.807) is 6.92 Å². The van der Waals surface area contributed by atoms with Crippen LogP contribution in [0.1, 0.15) is 52.7 Å². The fourth-order valence-corrected chi connectivity index (χ4v) is 2.72. The predicted molar refractivity (Wildman–Crippen MR) is 93.7 cm³/mol. The zero-order valence-electron chi connectivity index (χ0n) is 15.4. The van der Waals surface area contributed by atoms with E-state index in [2.05, 4.69) is 52.8 Å². The summed E-state index contributed by atoms with van der Waals surface area (Å²) < 4.78 is 12.4. The minimum atomic E-state index is -0.402. The van der Waals surface area contributed by atoms with Crippen LogP contribution in [0.2, 0.25) is 0 Å². The number of aryl methyl sites for hydroxylation is 1. The molecule has 1 aromatic rings. The summed E-state index contributed by atoms with van der Waals surface area (Å²) in [7, 11) is -0.402. The van der Waals surface area contributed by atoms with Gasteiger partial charge in [-0.3, -0.25) is 4.79 Å². The quantitative estimate of drug-likeness (QED) is 0.802. The molecule has 0 atom stereocenters. The Kier molecular flexibility index (Phi) is 4.93. The minimum absolute atomic E-state index is 0.0777. The van der Waals surface area contributed by atoms with E-state index in [0.29, 0.717) is 13.1 Å². The van der Waals surface area contributed by atoms with Gasteiger partial charge in [0.05, 0.1) is 11.2 Å². The molecule has 1 aliphatic heterocycles. The molecule has 5 heteroatoms. The lowest BCUT2D eigenvalue weighted by atomic mass is 9.75. The summed E-state index contributed by atoms with van der Waals surface area (Å²) in [6, 6.07) is 6.24. The highest BCUT2D eigenvalue weighted by molar-refractivity contribution is 6.62. The molecule has 0 aliphatic carbocycles. The van der Waals surface area contributed by atoms with Crippen LogP contribution in [-0.4, -0.2) is 35.7 Å². The third-order valence-electron chi connectivity index (χ3n) is 4.99. The molecule has 4 nitrogen and oxygen atoms in total. The Morgan fingerprint density at radius 3 is 2.22 bits per heavy atom. The molecule has 0 unspecified atom stereocenters. The van der Waals surface area contributed by atoms with Gasteiger partial charge in [0.25, 0.3) is 0 Å². The van der Waals surface area contributed by atoms with Crippen LogP contribution in [0.15, 0.2) is 18.2 Å². The molecule has 126 valence electrons. The van der Waals surface area contributed by atoms with Gasteiger partial charge in [-0.15, -0.1) is 0 Å². The van der Waals surface area contributed by atoms with Crippen molar-refractivity contribution in [2.24, 2.45) is 0 Å². The molecule has 2 rings (SSSR count). The van der Waals surface area contributed by atoms with E-state index in [-0.39, 0.29) is 17.1 Å². The maximum absolute atomic E-state index is 11.8. The summed E-state index contributed by atoms with van der Waals surface area (Å²) in [6.07, 6.45) is 0. The van der Waals surface area contributed by atoms with Crippen LogP contribution in [0, 0.1) is 6.92 Å². The van der Waals surface area contributed by atoms with E-state index in [1.165, 1.54) is 5.56 Å². The Hall–Kier alpha value is -1.33. The van der Waals surface area contributed by atoms with E-state index in [1.807, 2.05) is 11.8 Å². The van der Waals surface area contributed by atoms with Gasteiger partial charge in [-0.05, 0) is 52.6 Å². The Morgan fingerprint density at radius 2 is 1.74 bits per heavy atom. The third-order valence-corrected chi connectivity index (χ3v) is 4.99. The Labute approximate surface area is 140 Å². The second-order valence-corrected chi connectivity index (χ2v) is 7.32. The van der Waals surface area contributed by atoms with Gasteiger partial charge >= 0.3 is 7.12 Å². The maximum Gasteiger partial charge on any atom is 0.495 e. The number of nitrogens with zero attached hydrogens (tertiary/aromatic N) is 1. The Balaban J connectivity index is 2.35. The van der Waals surface area contributed by atoms with E-state index in [4.69, 9.17) is 9.31 Å². The van der Waals surface area contributed by atoms with Gasteiger partial charge in [-0.25, -0.2) is 0 Å². The van der Waals surface area contributed by atoms with E-state index >= 15 is 0 Å². The van der Waals surface area contributed by atoms with Crippen LogP contribution in [0.5, 0.6) is 0 Å². The van der Waals surface area contributed by atoms with E-state index in [0.717, 1.165) is 11.0 Å². The molecule has 0 saturated carbocycles. The molecule has 0 bridgehead atoms. The molecule has 1 saturated heterocycles. The van der Waals surface area contributed by atoms with Gasteiger partial charge in [0.15, 0.2) is 0 Å². The second-order valence-electron chi connectivity index (χ2n) is 7.32. The molecule has 0 radical (unpaired) electrons. The highest BCUT2D eigenvalue weighted by atomic mass is 16.7. The lowest BCUT2D eigenvalue weighted by Crippen LogP contribution is -2.41. The average molecular weight is 317 g/mol. The molecule has 0 N–H and O–H groups in total. The number of hydrogen-bond acceptors (Lipinski definition) is 3. The number of hydrogen-bond donors (Lipinski definition) is 0. The van der Waals surface area contributed by atoms with Crippen molar-refractivity contribution in [3.8, 4) is 0 Å². The summed E-state index contributed by atoms with van der Waals surface area (Å²) in [6.45, 7) is 15.1. The molecule has 1 heterocycles. The number of benzene rings is 1. The van der Waals surface area contributed by atoms with Crippen molar-refractivity contribution < 1.29 is 14.1 Å². The van der Waals surface area contributed by atoms with Crippen molar-refractivity contribution in [3.05, 3.63) is 29.3 Å². The van der Waals surface area contributed by atoms with Crippen molar-refractivity contribution in [2.45, 2.75) is 66.2 Å². The van der Waals surface area contributed by atoms with Crippen LogP contribution in [0.3, 0.4) is 0 Å². The molecule has 1 aromatic carbocycles. The van der Waals surface area contributed by atoms with Crippen LogP contribution in [0.4, 0.5) is 0 Å². The number of amides is 1. The van der Waals surface area contributed by atoms with Crippen LogP contribution >= 0.6 is 0 Å². The van der Waals surface area contributed by atoms with Crippen molar-refractivity contribution >= 4 is 18.5 Å². The summed E-state index contributed by atoms with van der Waals surface area (Å²) in [4.78, 5) is 13.6. The molecule has 0 aromatic heterocycles. The van der Waals surface area contributed by atoms with Crippen molar-refractivity contribution in [2.75, 3.05) is 6.54 Å². The van der Waals surface area contributed by atoms with E-state index in [9.17, 15) is 4.79 Å². The summed E-state index contributed by atoms with van der Waals surface area (Å²) in [5.41, 5.74) is 2.52. The molecular formula is C18H28BNO3. The highest BCUT2D eigenvalue weighted by Crippen LogP contribution is 2.36. The maximum atomic E-state index is 11.8. The first-order chi connectivity index (χ1) is 10.6. The number of carbonyl (C=O) groups is 1. The molecule has 0 spiro atoms. The van der Waals surface area contributed by atoms with Crippen molar-refractivity contribution in [1.82, 2.24) is 4.90 Å². The minimum Gasteiger partial charge on any atom is -0.399 e. The van der Waals surface area contributed by atoms with Crippen molar-refractivity contribution in [1.29, 1.82) is 0 Å². The lowest BCUT2D eigenvalue weighted by molar-refractivity contribution is -0.129. The smallest absolute Gasteiger partial charge is 0.399 e. The topological polar surface area (TPSA) is 38.8 Å². The molecular weight excluding hydrogens is 289 g/mol. The highest BCUT2D eigenvalue weighted by Gasteiger charge is 2.52. The first kappa shape index (κ1) is 18.0. The largest absolute Gasteiger partial charge is 0.495 e. The zero-order valence-corrected chi connectivity index (χ0v) is 15.4. The summed E-state index contributed by atoms with van der Waals surface area (Å²) in [5, 5.41) is 0. The summed E-state index contributed by atoms with van der Waals surface area (Å²) >= 11 is 0. The normalized spacial score (nSPS) is 19.0. The zero-order chi connectivity index (χ0) is 17.4. The third kappa shape index (κ3) is 3.61. The lowest BCUT2D eigenvalue weighted by Gasteiger charge is -2.32. The van der Waals surface area contributed by atoms with Crippen LogP contribution in [0.25, 0.3) is 0 Å². The summed E-state index contributed by atoms with van der Waals surface area (Å²) in [5.74, 6) is 0.0777. The Bertz CT molecular complexity index is 582. The first-order valence-corrected chi connectivity index (χ1v) is 8.28. The van der Waals surface area contributed by atoms with Gasteiger partial charge in [0.2, 0.25) is 5.91 Å². The SMILES string of the molecule is CCN(Cc1cc(C)ccc1B1OC(C)(C)C(C)(C)O1)C(C)=O. The van der Waals surface area contributed by atoms with Gasteiger partial charge < -0.3 is 14.2 Å². The Morgan fingerprint density at radius 1 is 1.17 bits per heavy atom. The number of rotatable bonds is 4. The van der Waals surface area contributed by atoms with Gasteiger partial charge in [-0.2, -0.15) is 0 Å². The predicted octanol–water partition coefficient (Wildman–Crippen LogP) is 2.66. The second kappa shape index (κ2) is 6.29. The first-order valence-electron chi connectivity index (χ1n) is 8.28. The fourth-order valence-electron chi connectivity index (χ4n) is 2.72. The number of carbonyl (C=O) groups excluding carboxylic acids is 1. The molecule has 23 heavy (non-hydrogen) atoms. The van der Waals surface area contributed by atoms with Gasteiger partial charge in [-0.1, -0.05) is 23.8 Å². The van der Waals surface area contributed by atoms with Crippen LogP contribution < -0.4 is 5.46 Å². The molecule has 1 aliphatic rings. The molecule has 1 fully saturated rings. The van der Waals surface area contributed by atoms with E-state index < -0.39 is 7.12 Å². The van der Waals surface area contributed by atoms with Gasteiger partial charge in [0.1, 0.15) is 0 Å². The average Bonchev–Trinajstić information content (AvgIpc) is 2.64. The monoisotopic (exact) mass is 317 g/mol. The van der Waals surface area contributed by atoms with Crippen molar-refractivity contribution in [3.63, 3.8) is 0 Å². The fraction of sp³-hybridized carbons (Fsp3) is 0.611. The van der Waals surface area contributed by atoms with Gasteiger partial charge in [0, 0.05) is 20.0 Å².